The molecular formula is C13H22N2O4S. The normalized spacial score (nSPS) is 13.5. The molecule has 0 saturated carbocycles. The summed E-state index contributed by atoms with van der Waals surface area (Å²) in [5.41, 5.74) is 6.94. The molecular weight excluding hydrogens is 280 g/mol. The van der Waals surface area contributed by atoms with Crippen LogP contribution < -0.4 is 10.5 Å². The number of aryl methyl sites for hydroxylation is 1. The van der Waals surface area contributed by atoms with Gasteiger partial charge in [-0.3, -0.25) is 0 Å². The molecule has 1 aromatic carbocycles. The zero-order valence-corrected chi connectivity index (χ0v) is 13.1. The van der Waals surface area contributed by atoms with Crippen LogP contribution in [0.5, 0.6) is 5.75 Å². The molecule has 3 N–H and O–H groups in total. The minimum atomic E-state index is -3.70. The molecule has 7 heteroatoms. The third-order valence-electron chi connectivity index (χ3n) is 3.10. The highest BCUT2D eigenvalue weighted by Crippen LogP contribution is 2.30. The van der Waals surface area contributed by atoms with Crippen LogP contribution in [0.1, 0.15) is 18.9 Å². The maximum atomic E-state index is 12.5. The Morgan fingerprint density at radius 1 is 1.45 bits per heavy atom. The standard InChI is InChI=1S/C13H22N2O4S/c1-9-7-12(19-4)13(8-11(9)14)20(17,18)15(3)6-5-10(2)16/h7-8,10,16H,5-6,14H2,1-4H3. The van der Waals surface area contributed by atoms with Crippen molar-refractivity contribution in [2.75, 3.05) is 26.4 Å². The van der Waals surface area contributed by atoms with E-state index in [0.717, 1.165) is 5.56 Å². The molecule has 0 aromatic heterocycles. The number of nitrogens with two attached hydrogens (primary N) is 1. The predicted octanol–water partition coefficient (Wildman–Crippen LogP) is 0.977. The molecule has 0 aliphatic heterocycles. The molecule has 0 aliphatic carbocycles. The molecule has 0 bridgehead atoms. The molecule has 0 fully saturated rings. The van der Waals surface area contributed by atoms with Crippen molar-refractivity contribution < 1.29 is 18.3 Å². The molecule has 1 atom stereocenters. The number of rotatable bonds is 6. The number of hydrogen-bond donors (Lipinski definition) is 2. The van der Waals surface area contributed by atoms with Crippen LogP contribution in [-0.2, 0) is 10.0 Å². The Labute approximate surface area is 120 Å². The lowest BCUT2D eigenvalue weighted by Crippen LogP contribution is -2.30. The van der Waals surface area contributed by atoms with Gasteiger partial charge in [0, 0.05) is 19.3 Å². The van der Waals surface area contributed by atoms with E-state index in [0.29, 0.717) is 12.1 Å². The average molecular weight is 302 g/mol. The summed E-state index contributed by atoms with van der Waals surface area (Å²) >= 11 is 0. The Hall–Kier alpha value is -1.31. The van der Waals surface area contributed by atoms with E-state index in [1.165, 1.54) is 24.5 Å². The van der Waals surface area contributed by atoms with Gasteiger partial charge in [0.2, 0.25) is 10.0 Å². The van der Waals surface area contributed by atoms with Crippen LogP contribution in [0.2, 0.25) is 0 Å². The number of anilines is 1. The van der Waals surface area contributed by atoms with Crippen molar-refractivity contribution in [2.45, 2.75) is 31.3 Å². The first-order valence-electron chi connectivity index (χ1n) is 6.28. The molecule has 20 heavy (non-hydrogen) atoms. The highest BCUT2D eigenvalue weighted by atomic mass is 32.2. The highest BCUT2D eigenvalue weighted by Gasteiger charge is 2.25. The first-order valence-corrected chi connectivity index (χ1v) is 7.72. The predicted molar refractivity (Wildman–Crippen MR) is 78.3 cm³/mol. The number of hydrogen-bond acceptors (Lipinski definition) is 5. The Morgan fingerprint density at radius 3 is 2.55 bits per heavy atom. The molecule has 0 heterocycles. The molecule has 1 rings (SSSR count). The highest BCUT2D eigenvalue weighted by molar-refractivity contribution is 7.89. The molecule has 0 radical (unpaired) electrons. The monoisotopic (exact) mass is 302 g/mol. The van der Waals surface area contributed by atoms with Gasteiger partial charge in [-0.05, 0) is 38.0 Å². The van der Waals surface area contributed by atoms with Crippen LogP contribution in [0.25, 0.3) is 0 Å². The molecule has 6 nitrogen and oxygen atoms in total. The topological polar surface area (TPSA) is 92.9 Å². The van der Waals surface area contributed by atoms with Gasteiger partial charge in [-0.2, -0.15) is 0 Å². The van der Waals surface area contributed by atoms with Gasteiger partial charge in [-0.15, -0.1) is 0 Å². The van der Waals surface area contributed by atoms with Gasteiger partial charge in [0.05, 0.1) is 13.2 Å². The van der Waals surface area contributed by atoms with Gasteiger partial charge >= 0.3 is 0 Å². The molecule has 114 valence electrons. The van der Waals surface area contributed by atoms with E-state index in [1.54, 1.807) is 19.9 Å². The van der Waals surface area contributed by atoms with E-state index in [-0.39, 0.29) is 17.2 Å². The van der Waals surface area contributed by atoms with E-state index in [2.05, 4.69) is 0 Å². The van der Waals surface area contributed by atoms with Crippen LogP contribution in [0.15, 0.2) is 17.0 Å². The quantitative estimate of drug-likeness (QED) is 0.764. The maximum absolute atomic E-state index is 12.5. The lowest BCUT2D eigenvalue weighted by atomic mass is 10.2. The Bertz CT molecular complexity index is 570. The third kappa shape index (κ3) is 3.62. The zero-order valence-electron chi connectivity index (χ0n) is 12.3. The smallest absolute Gasteiger partial charge is 0.246 e. The molecule has 1 unspecified atom stereocenters. The van der Waals surface area contributed by atoms with E-state index in [9.17, 15) is 13.5 Å². The largest absolute Gasteiger partial charge is 0.495 e. The van der Waals surface area contributed by atoms with Crippen molar-refractivity contribution >= 4 is 15.7 Å². The van der Waals surface area contributed by atoms with Gasteiger partial charge in [0.25, 0.3) is 0 Å². The first kappa shape index (κ1) is 16.7. The Balaban J connectivity index is 3.18. The van der Waals surface area contributed by atoms with Crippen molar-refractivity contribution in [1.82, 2.24) is 4.31 Å². The zero-order chi connectivity index (χ0) is 15.5. The number of aliphatic hydroxyl groups excluding tert-OH is 1. The van der Waals surface area contributed by atoms with Gasteiger partial charge in [0.1, 0.15) is 10.6 Å². The van der Waals surface area contributed by atoms with E-state index in [4.69, 9.17) is 10.5 Å². The molecule has 0 amide bonds. The summed E-state index contributed by atoms with van der Waals surface area (Å²) in [4.78, 5) is 0.0381. The van der Waals surface area contributed by atoms with Gasteiger partial charge < -0.3 is 15.6 Å². The van der Waals surface area contributed by atoms with Crippen LogP contribution >= 0.6 is 0 Å². The second kappa shape index (κ2) is 6.43. The van der Waals surface area contributed by atoms with Crippen LogP contribution in [0.4, 0.5) is 5.69 Å². The minimum Gasteiger partial charge on any atom is -0.495 e. The summed E-state index contributed by atoms with van der Waals surface area (Å²) in [6, 6.07) is 3.01. The van der Waals surface area contributed by atoms with Gasteiger partial charge in [0.15, 0.2) is 0 Å². The van der Waals surface area contributed by atoms with Crippen molar-refractivity contribution in [3.63, 3.8) is 0 Å². The molecule has 0 saturated heterocycles. The Morgan fingerprint density at radius 2 is 2.05 bits per heavy atom. The SMILES string of the molecule is COc1cc(C)c(N)cc1S(=O)(=O)N(C)CCC(C)O. The second-order valence-corrected chi connectivity index (χ2v) is 6.84. The maximum Gasteiger partial charge on any atom is 0.246 e. The number of aliphatic hydroxyl groups is 1. The summed E-state index contributed by atoms with van der Waals surface area (Å²) in [5.74, 6) is 0.264. The van der Waals surface area contributed by atoms with Crippen LogP contribution in [0, 0.1) is 6.92 Å². The van der Waals surface area contributed by atoms with Gasteiger partial charge in [-0.1, -0.05) is 0 Å². The Kier molecular flexibility index (Phi) is 5.38. The lowest BCUT2D eigenvalue weighted by molar-refractivity contribution is 0.177. The second-order valence-electron chi connectivity index (χ2n) is 4.82. The summed E-state index contributed by atoms with van der Waals surface area (Å²) in [6.45, 7) is 3.62. The fourth-order valence-corrected chi connectivity index (χ4v) is 3.05. The van der Waals surface area contributed by atoms with Crippen LogP contribution in [0.3, 0.4) is 0 Å². The fraction of sp³-hybridized carbons (Fsp3) is 0.538. The summed E-state index contributed by atoms with van der Waals surface area (Å²) in [6.07, 6.45) is -0.197. The first-order chi connectivity index (χ1) is 9.20. The summed E-state index contributed by atoms with van der Waals surface area (Å²) < 4.78 is 31.3. The molecule has 1 aromatic rings. The average Bonchev–Trinajstić information content (AvgIpc) is 2.38. The van der Waals surface area contributed by atoms with Crippen molar-refractivity contribution in [3.8, 4) is 5.75 Å². The van der Waals surface area contributed by atoms with Gasteiger partial charge in [-0.25, -0.2) is 12.7 Å². The van der Waals surface area contributed by atoms with E-state index < -0.39 is 16.1 Å². The third-order valence-corrected chi connectivity index (χ3v) is 4.98. The van der Waals surface area contributed by atoms with E-state index in [1.807, 2.05) is 0 Å². The number of methoxy groups -OCH3 is 1. The number of ether oxygens (including phenoxy) is 1. The number of nitrogen functional groups attached to an aromatic ring is 1. The van der Waals surface area contributed by atoms with Crippen molar-refractivity contribution in [3.05, 3.63) is 17.7 Å². The molecule has 0 spiro atoms. The number of benzene rings is 1. The van der Waals surface area contributed by atoms with Crippen molar-refractivity contribution in [1.29, 1.82) is 0 Å². The van der Waals surface area contributed by atoms with Crippen molar-refractivity contribution in [2.24, 2.45) is 0 Å². The van der Waals surface area contributed by atoms with Crippen LogP contribution in [-0.4, -0.2) is 44.6 Å². The summed E-state index contributed by atoms with van der Waals surface area (Å²) in [7, 11) is -0.818. The number of sulfonamides is 1. The fourth-order valence-electron chi connectivity index (χ4n) is 1.70. The minimum absolute atomic E-state index is 0.0381. The summed E-state index contributed by atoms with van der Waals surface area (Å²) in [5, 5.41) is 9.25. The lowest BCUT2D eigenvalue weighted by Gasteiger charge is -2.20. The van der Waals surface area contributed by atoms with E-state index >= 15 is 0 Å². The molecule has 0 aliphatic rings. The number of nitrogens with zero attached hydrogens (tertiary/aromatic N) is 1.